The highest BCUT2D eigenvalue weighted by Crippen LogP contribution is 2.19. The summed E-state index contributed by atoms with van der Waals surface area (Å²) in [5.41, 5.74) is 2.39. The van der Waals surface area contributed by atoms with Gasteiger partial charge in [-0.05, 0) is 36.1 Å². The number of nitrogens with one attached hydrogen (secondary N) is 2. The van der Waals surface area contributed by atoms with E-state index in [2.05, 4.69) is 26.7 Å². The van der Waals surface area contributed by atoms with Crippen molar-refractivity contribution >= 4 is 5.82 Å². The first-order valence-electron chi connectivity index (χ1n) is 6.71. The van der Waals surface area contributed by atoms with Crippen LogP contribution in [0.5, 0.6) is 0 Å². The van der Waals surface area contributed by atoms with Crippen molar-refractivity contribution < 1.29 is 0 Å². The summed E-state index contributed by atoms with van der Waals surface area (Å²) in [5, 5.41) is 6.78. The number of pyridine rings is 2. The van der Waals surface area contributed by atoms with E-state index in [0.717, 1.165) is 30.5 Å². The average Bonchev–Trinajstić information content (AvgIpc) is 3.29. The SMILES string of the molecule is c1cncc(CNc2ccc(CNC3CC3)cn2)c1. The molecule has 2 aromatic heterocycles. The third-order valence-electron chi connectivity index (χ3n) is 3.19. The van der Waals surface area contributed by atoms with E-state index in [1.807, 2.05) is 30.6 Å². The Labute approximate surface area is 113 Å². The third kappa shape index (κ3) is 3.76. The molecule has 0 atom stereocenters. The first-order valence-corrected chi connectivity index (χ1v) is 6.71. The van der Waals surface area contributed by atoms with Crippen LogP contribution in [-0.4, -0.2) is 16.0 Å². The van der Waals surface area contributed by atoms with Crippen LogP contribution in [0.1, 0.15) is 24.0 Å². The summed E-state index contributed by atoms with van der Waals surface area (Å²) in [4.78, 5) is 8.51. The number of anilines is 1. The molecule has 0 aliphatic heterocycles. The number of nitrogens with zero attached hydrogens (tertiary/aromatic N) is 2. The third-order valence-corrected chi connectivity index (χ3v) is 3.19. The molecule has 19 heavy (non-hydrogen) atoms. The van der Waals surface area contributed by atoms with E-state index in [-0.39, 0.29) is 0 Å². The first-order chi connectivity index (χ1) is 9.40. The second kappa shape index (κ2) is 5.80. The van der Waals surface area contributed by atoms with Gasteiger partial charge in [-0.3, -0.25) is 4.98 Å². The lowest BCUT2D eigenvalue weighted by Gasteiger charge is -2.07. The summed E-state index contributed by atoms with van der Waals surface area (Å²) in [7, 11) is 0. The Hall–Kier alpha value is -1.94. The summed E-state index contributed by atoms with van der Waals surface area (Å²) in [6.45, 7) is 1.67. The Balaban J connectivity index is 1.50. The molecule has 2 heterocycles. The molecule has 0 bridgehead atoms. The van der Waals surface area contributed by atoms with Crippen molar-refractivity contribution in [2.45, 2.75) is 32.0 Å². The minimum atomic E-state index is 0.739. The minimum absolute atomic E-state index is 0.739. The molecule has 98 valence electrons. The highest BCUT2D eigenvalue weighted by atomic mass is 15.0. The number of aromatic nitrogens is 2. The molecule has 0 saturated heterocycles. The Bertz CT molecular complexity index is 505. The van der Waals surface area contributed by atoms with Crippen LogP contribution < -0.4 is 10.6 Å². The van der Waals surface area contributed by atoms with Gasteiger partial charge in [-0.25, -0.2) is 4.98 Å². The second-order valence-electron chi connectivity index (χ2n) is 4.92. The van der Waals surface area contributed by atoms with Crippen LogP contribution in [0.2, 0.25) is 0 Å². The normalized spacial score (nSPS) is 14.3. The molecule has 0 spiro atoms. The molecule has 1 aliphatic rings. The molecule has 0 radical (unpaired) electrons. The molecule has 1 aliphatic carbocycles. The number of hydrogen-bond donors (Lipinski definition) is 2. The van der Waals surface area contributed by atoms with Crippen molar-refractivity contribution in [1.29, 1.82) is 0 Å². The highest BCUT2D eigenvalue weighted by molar-refractivity contribution is 5.36. The zero-order valence-corrected chi connectivity index (χ0v) is 10.8. The molecule has 2 N–H and O–H groups in total. The largest absolute Gasteiger partial charge is 0.366 e. The minimum Gasteiger partial charge on any atom is -0.366 e. The van der Waals surface area contributed by atoms with Gasteiger partial charge in [0, 0.05) is 37.7 Å². The van der Waals surface area contributed by atoms with Crippen LogP contribution in [0, 0.1) is 0 Å². The van der Waals surface area contributed by atoms with E-state index in [0.29, 0.717) is 0 Å². The van der Waals surface area contributed by atoms with Gasteiger partial charge in [0.1, 0.15) is 5.82 Å². The molecule has 1 fully saturated rings. The Morgan fingerprint density at radius 3 is 2.63 bits per heavy atom. The average molecular weight is 254 g/mol. The quantitative estimate of drug-likeness (QED) is 0.830. The van der Waals surface area contributed by atoms with E-state index in [9.17, 15) is 0 Å². The fourth-order valence-electron chi connectivity index (χ4n) is 1.88. The maximum atomic E-state index is 4.42. The van der Waals surface area contributed by atoms with Gasteiger partial charge >= 0.3 is 0 Å². The van der Waals surface area contributed by atoms with Crippen LogP contribution >= 0.6 is 0 Å². The molecule has 0 amide bonds. The van der Waals surface area contributed by atoms with Crippen molar-refractivity contribution in [1.82, 2.24) is 15.3 Å². The van der Waals surface area contributed by atoms with Gasteiger partial charge in [-0.1, -0.05) is 12.1 Å². The van der Waals surface area contributed by atoms with Crippen LogP contribution in [0.4, 0.5) is 5.82 Å². The van der Waals surface area contributed by atoms with Crippen molar-refractivity contribution in [3.05, 3.63) is 54.0 Å². The van der Waals surface area contributed by atoms with Gasteiger partial charge in [0.15, 0.2) is 0 Å². The van der Waals surface area contributed by atoms with Crippen molar-refractivity contribution in [2.24, 2.45) is 0 Å². The van der Waals surface area contributed by atoms with Crippen LogP contribution in [0.25, 0.3) is 0 Å². The summed E-state index contributed by atoms with van der Waals surface area (Å²) in [6.07, 6.45) is 8.21. The van der Waals surface area contributed by atoms with E-state index in [4.69, 9.17) is 0 Å². The standard InChI is InChI=1S/C15H18N4/c1-2-12(8-16-7-1)10-18-15-6-3-13(11-19-15)9-17-14-4-5-14/h1-3,6-8,11,14,17H,4-5,9-10H2,(H,18,19). The lowest BCUT2D eigenvalue weighted by atomic mass is 10.2. The zero-order valence-electron chi connectivity index (χ0n) is 10.8. The van der Waals surface area contributed by atoms with Gasteiger partial charge in [-0.2, -0.15) is 0 Å². The molecular weight excluding hydrogens is 236 g/mol. The number of hydrogen-bond acceptors (Lipinski definition) is 4. The molecule has 0 unspecified atom stereocenters. The topological polar surface area (TPSA) is 49.8 Å². The Morgan fingerprint density at radius 2 is 1.95 bits per heavy atom. The molecule has 3 rings (SSSR count). The van der Waals surface area contributed by atoms with E-state index in [1.54, 1.807) is 6.20 Å². The lowest BCUT2D eigenvalue weighted by molar-refractivity contribution is 0.686. The van der Waals surface area contributed by atoms with Crippen LogP contribution in [0.3, 0.4) is 0 Å². The predicted molar refractivity (Wildman–Crippen MR) is 75.7 cm³/mol. The van der Waals surface area contributed by atoms with E-state index < -0.39 is 0 Å². The van der Waals surface area contributed by atoms with Gasteiger partial charge < -0.3 is 10.6 Å². The Morgan fingerprint density at radius 1 is 1.05 bits per heavy atom. The smallest absolute Gasteiger partial charge is 0.126 e. The van der Waals surface area contributed by atoms with Crippen molar-refractivity contribution in [3.63, 3.8) is 0 Å². The molecule has 2 aromatic rings. The summed E-state index contributed by atoms with van der Waals surface area (Å²) < 4.78 is 0. The fraction of sp³-hybridized carbons (Fsp3) is 0.333. The Kier molecular flexibility index (Phi) is 3.70. The van der Waals surface area contributed by atoms with Gasteiger partial charge in [0.25, 0.3) is 0 Å². The summed E-state index contributed by atoms with van der Waals surface area (Å²) in [5.74, 6) is 0.902. The fourth-order valence-corrected chi connectivity index (χ4v) is 1.88. The van der Waals surface area contributed by atoms with E-state index >= 15 is 0 Å². The van der Waals surface area contributed by atoms with E-state index in [1.165, 1.54) is 18.4 Å². The lowest BCUT2D eigenvalue weighted by Crippen LogP contribution is -2.15. The molecule has 0 aromatic carbocycles. The summed E-state index contributed by atoms with van der Waals surface area (Å²) >= 11 is 0. The molecular formula is C15H18N4. The zero-order chi connectivity index (χ0) is 12.9. The predicted octanol–water partition coefficient (Wildman–Crippen LogP) is 2.34. The summed E-state index contributed by atoms with van der Waals surface area (Å²) in [6, 6.07) is 8.88. The monoisotopic (exact) mass is 254 g/mol. The molecule has 4 nitrogen and oxygen atoms in total. The maximum Gasteiger partial charge on any atom is 0.126 e. The number of rotatable bonds is 6. The van der Waals surface area contributed by atoms with Crippen molar-refractivity contribution in [2.75, 3.05) is 5.32 Å². The second-order valence-corrected chi connectivity index (χ2v) is 4.92. The van der Waals surface area contributed by atoms with Gasteiger partial charge in [0.2, 0.25) is 0 Å². The van der Waals surface area contributed by atoms with Crippen LogP contribution in [-0.2, 0) is 13.1 Å². The van der Waals surface area contributed by atoms with Gasteiger partial charge in [-0.15, -0.1) is 0 Å². The first kappa shape index (κ1) is 12.1. The van der Waals surface area contributed by atoms with Crippen molar-refractivity contribution in [3.8, 4) is 0 Å². The van der Waals surface area contributed by atoms with Crippen LogP contribution in [0.15, 0.2) is 42.9 Å². The molecule has 1 saturated carbocycles. The molecule has 4 heteroatoms. The maximum absolute atomic E-state index is 4.42. The highest BCUT2D eigenvalue weighted by Gasteiger charge is 2.19. The van der Waals surface area contributed by atoms with Gasteiger partial charge in [0.05, 0.1) is 0 Å².